The molecule has 2 nitrogen and oxygen atoms in total. The molecule has 95 valence electrons. The van der Waals surface area contributed by atoms with Crippen LogP contribution in [-0.2, 0) is 0 Å². The number of aliphatic imine (C=N–C) groups is 1. The lowest BCUT2D eigenvalue weighted by molar-refractivity contribution is 0.574. The maximum Gasteiger partial charge on any atom is 0.165 e. The smallest absolute Gasteiger partial charge is 0.165 e. The summed E-state index contributed by atoms with van der Waals surface area (Å²) in [6.45, 7) is 0. The average Bonchev–Trinajstić information content (AvgIpc) is 2.89. The lowest BCUT2D eigenvalue weighted by Gasteiger charge is -2.20. The Kier molecular flexibility index (Phi) is 3.45. The Morgan fingerprint density at radius 2 is 1.47 bits per heavy atom. The predicted octanol–water partition coefficient (Wildman–Crippen LogP) is 4.28. The van der Waals surface area contributed by atoms with Crippen LogP contribution in [0.2, 0.25) is 10.0 Å². The molecule has 0 fully saturated rings. The molecule has 0 amide bonds. The van der Waals surface area contributed by atoms with Gasteiger partial charge in [0.25, 0.3) is 0 Å². The molecule has 0 saturated heterocycles. The summed E-state index contributed by atoms with van der Waals surface area (Å²) in [6.07, 6.45) is 2.83. The molecule has 0 spiro atoms. The first-order chi connectivity index (χ1) is 9.27. The standard InChI is InChI=1S/C15H11Cl2N2/c16-12-7-3-1-5-10(12)14-15(19-9-18-14)11-6-2-4-8-13(11)17/h1-8,14-15H,(H,18,19)/t14-,15+. The van der Waals surface area contributed by atoms with E-state index >= 15 is 0 Å². The fourth-order valence-electron chi connectivity index (χ4n) is 2.27. The van der Waals surface area contributed by atoms with Crippen molar-refractivity contribution in [3.63, 3.8) is 0 Å². The summed E-state index contributed by atoms with van der Waals surface area (Å²) in [5.41, 5.74) is 1.98. The van der Waals surface area contributed by atoms with Crippen molar-refractivity contribution in [2.45, 2.75) is 12.1 Å². The van der Waals surface area contributed by atoms with E-state index in [9.17, 15) is 0 Å². The minimum absolute atomic E-state index is 0.0337. The van der Waals surface area contributed by atoms with Gasteiger partial charge >= 0.3 is 0 Å². The van der Waals surface area contributed by atoms with Crippen LogP contribution in [0, 0.1) is 0 Å². The second-order valence-electron chi connectivity index (χ2n) is 4.35. The van der Waals surface area contributed by atoms with Crippen molar-refractivity contribution < 1.29 is 0 Å². The largest absolute Gasteiger partial charge is 0.358 e. The predicted molar refractivity (Wildman–Crippen MR) is 79.0 cm³/mol. The zero-order valence-corrected chi connectivity index (χ0v) is 11.5. The SMILES string of the molecule is Clc1ccccc1[C@H]1N=[C]N[C@H]1c1ccccc1Cl. The fourth-order valence-corrected chi connectivity index (χ4v) is 2.77. The molecule has 1 aliphatic rings. The molecule has 0 unspecified atom stereocenters. The van der Waals surface area contributed by atoms with Crippen molar-refractivity contribution in [1.29, 1.82) is 0 Å². The molecule has 0 aliphatic carbocycles. The van der Waals surface area contributed by atoms with Crippen LogP contribution in [0.1, 0.15) is 23.2 Å². The van der Waals surface area contributed by atoms with Gasteiger partial charge in [-0.2, -0.15) is 0 Å². The Bertz CT molecular complexity index is 625. The van der Waals surface area contributed by atoms with Crippen molar-refractivity contribution >= 4 is 29.5 Å². The number of halogens is 2. The molecule has 3 rings (SSSR count). The van der Waals surface area contributed by atoms with E-state index < -0.39 is 0 Å². The maximum atomic E-state index is 6.25. The third-order valence-electron chi connectivity index (χ3n) is 3.20. The second kappa shape index (κ2) is 5.24. The molecule has 4 heteroatoms. The van der Waals surface area contributed by atoms with Gasteiger partial charge < -0.3 is 5.32 Å². The highest BCUT2D eigenvalue weighted by atomic mass is 35.5. The normalized spacial score (nSPS) is 21.4. The van der Waals surface area contributed by atoms with Crippen LogP contribution >= 0.6 is 23.2 Å². The van der Waals surface area contributed by atoms with Crippen molar-refractivity contribution in [2.75, 3.05) is 0 Å². The summed E-state index contributed by atoms with van der Waals surface area (Å²) in [5, 5.41) is 4.56. The van der Waals surface area contributed by atoms with Gasteiger partial charge in [0.1, 0.15) is 6.04 Å². The van der Waals surface area contributed by atoms with Crippen molar-refractivity contribution in [2.24, 2.45) is 4.99 Å². The average molecular weight is 290 g/mol. The number of nitrogens with zero attached hydrogens (tertiary/aromatic N) is 1. The highest BCUT2D eigenvalue weighted by Crippen LogP contribution is 2.39. The monoisotopic (exact) mass is 289 g/mol. The molecular formula is C15H11Cl2N2. The Morgan fingerprint density at radius 1 is 0.895 bits per heavy atom. The molecule has 1 heterocycles. The molecule has 19 heavy (non-hydrogen) atoms. The molecule has 2 aromatic rings. The van der Waals surface area contributed by atoms with E-state index in [1.54, 1.807) is 0 Å². The van der Waals surface area contributed by atoms with Crippen molar-refractivity contribution in [3.05, 3.63) is 69.7 Å². The van der Waals surface area contributed by atoms with Crippen LogP contribution in [0.25, 0.3) is 0 Å². The summed E-state index contributed by atoms with van der Waals surface area (Å²) >= 11 is 12.5. The number of benzene rings is 2. The van der Waals surface area contributed by atoms with Crippen LogP contribution in [-0.4, -0.2) is 6.34 Å². The minimum Gasteiger partial charge on any atom is -0.358 e. The van der Waals surface area contributed by atoms with E-state index in [1.165, 1.54) is 0 Å². The lowest BCUT2D eigenvalue weighted by atomic mass is 9.95. The summed E-state index contributed by atoms with van der Waals surface area (Å²) < 4.78 is 0. The van der Waals surface area contributed by atoms with E-state index in [1.807, 2.05) is 48.5 Å². The molecule has 2 atom stereocenters. The summed E-state index contributed by atoms with van der Waals surface area (Å²) in [7, 11) is 0. The Hall–Kier alpha value is -1.51. The second-order valence-corrected chi connectivity index (χ2v) is 5.17. The van der Waals surface area contributed by atoms with Crippen LogP contribution in [0.4, 0.5) is 0 Å². The van der Waals surface area contributed by atoms with Gasteiger partial charge in [-0.3, -0.25) is 4.99 Å². The zero-order valence-electron chi connectivity index (χ0n) is 9.98. The first kappa shape index (κ1) is 12.5. The van der Waals surface area contributed by atoms with Gasteiger partial charge in [-0.15, -0.1) is 0 Å². The number of hydrogen-bond acceptors (Lipinski definition) is 2. The van der Waals surface area contributed by atoms with Crippen LogP contribution in [0.5, 0.6) is 0 Å². The van der Waals surface area contributed by atoms with E-state index in [-0.39, 0.29) is 12.1 Å². The molecule has 0 bridgehead atoms. The van der Waals surface area contributed by atoms with E-state index in [4.69, 9.17) is 23.2 Å². The van der Waals surface area contributed by atoms with Gasteiger partial charge in [0.15, 0.2) is 6.34 Å². The third-order valence-corrected chi connectivity index (χ3v) is 3.89. The maximum absolute atomic E-state index is 6.25. The van der Waals surface area contributed by atoms with Crippen molar-refractivity contribution in [1.82, 2.24) is 5.32 Å². The summed E-state index contributed by atoms with van der Waals surface area (Å²) in [5.74, 6) is 0. The van der Waals surface area contributed by atoms with Gasteiger partial charge in [0, 0.05) is 10.0 Å². The first-order valence-electron chi connectivity index (χ1n) is 5.96. The molecule has 1 radical (unpaired) electrons. The van der Waals surface area contributed by atoms with Gasteiger partial charge in [-0.05, 0) is 23.3 Å². The highest BCUT2D eigenvalue weighted by Gasteiger charge is 2.30. The van der Waals surface area contributed by atoms with Crippen LogP contribution < -0.4 is 5.32 Å². The molecular weight excluding hydrogens is 279 g/mol. The Balaban J connectivity index is 2.01. The Morgan fingerprint density at radius 3 is 2.11 bits per heavy atom. The quantitative estimate of drug-likeness (QED) is 0.877. The number of nitrogens with one attached hydrogen (secondary N) is 1. The van der Waals surface area contributed by atoms with E-state index in [2.05, 4.69) is 16.6 Å². The first-order valence-corrected chi connectivity index (χ1v) is 6.72. The summed E-state index contributed by atoms with van der Waals surface area (Å²) in [4.78, 5) is 4.36. The molecule has 0 saturated carbocycles. The minimum atomic E-state index is -0.103. The third kappa shape index (κ3) is 2.34. The van der Waals surface area contributed by atoms with Crippen LogP contribution in [0.15, 0.2) is 53.5 Å². The van der Waals surface area contributed by atoms with Crippen LogP contribution in [0.3, 0.4) is 0 Å². The zero-order chi connectivity index (χ0) is 13.2. The van der Waals surface area contributed by atoms with E-state index in [0.29, 0.717) is 5.02 Å². The van der Waals surface area contributed by atoms with Gasteiger partial charge in [-0.25, -0.2) is 0 Å². The fraction of sp³-hybridized carbons (Fsp3) is 0.133. The van der Waals surface area contributed by atoms with Gasteiger partial charge in [-0.1, -0.05) is 59.6 Å². The Labute approximate surface area is 122 Å². The van der Waals surface area contributed by atoms with E-state index in [0.717, 1.165) is 16.1 Å². The molecule has 0 aromatic heterocycles. The molecule has 1 N–H and O–H groups in total. The highest BCUT2D eigenvalue weighted by molar-refractivity contribution is 6.32. The molecule has 1 aliphatic heterocycles. The topological polar surface area (TPSA) is 24.4 Å². The lowest BCUT2D eigenvalue weighted by Crippen LogP contribution is -2.18. The van der Waals surface area contributed by atoms with Crippen molar-refractivity contribution in [3.8, 4) is 0 Å². The number of hydrogen-bond donors (Lipinski definition) is 1. The van der Waals surface area contributed by atoms with Gasteiger partial charge in [0.2, 0.25) is 0 Å². The van der Waals surface area contributed by atoms with Gasteiger partial charge in [0.05, 0.1) is 6.04 Å². The number of rotatable bonds is 2. The molecule has 2 aromatic carbocycles. The summed E-state index contributed by atoms with van der Waals surface area (Å²) in [6, 6.07) is 15.3.